The van der Waals surface area contributed by atoms with E-state index >= 15 is 4.39 Å². The maximum atomic E-state index is 15.2. The summed E-state index contributed by atoms with van der Waals surface area (Å²) < 4.78 is 37.3. The van der Waals surface area contributed by atoms with Crippen molar-refractivity contribution in [2.45, 2.75) is 31.1 Å². The first-order chi connectivity index (χ1) is 16.9. The first-order valence-corrected chi connectivity index (χ1v) is 12.3. The van der Waals surface area contributed by atoms with Crippen molar-refractivity contribution in [1.82, 2.24) is 20.4 Å². The first-order valence-electron chi connectivity index (χ1n) is 10.6. The van der Waals surface area contributed by atoms with Crippen LogP contribution in [0.1, 0.15) is 31.9 Å². The van der Waals surface area contributed by atoms with Crippen LogP contribution >= 0.6 is 0 Å². The van der Waals surface area contributed by atoms with Gasteiger partial charge in [-0.1, -0.05) is 5.16 Å². The Labute approximate surface area is 206 Å². The Morgan fingerprint density at radius 3 is 2.58 bits per heavy atom. The Morgan fingerprint density at radius 1 is 1.28 bits per heavy atom. The lowest BCUT2D eigenvalue weighted by molar-refractivity contribution is 0.199. The highest BCUT2D eigenvalue weighted by Crippen LogP contribution is 2.40. The van der Waals surface area contributed by atoms with Crippen LogP contribution in [0.15, 0.2) is 50.5 Å². The van der Waals surface area contributed by atoms with Gasteiger partial charge in [0, 0.05) is 36.6 Å². The lowest BCUT2D eigenvalue weighted by Gasteiger charge is -2.41. The Morgan fingerprint density at radius 2 is 1.97 bits per heavy atom. The molecule has 0 radical (unpaired) electrons. The largest absolute Gasteiger partial charge is 0.465 e. The summed E-state index contributed by atoms with van der Waals surface area (Å²) >= 11 is 0. The molecule has 1 aliphatic heterocycles. The van der Waals surface area contributed by atoms with Crippen LogP contribution < -0.4 is 5.32 Å². The number of carbonyl (C=O) groups is 1. The topological polar surface area (TPSA) is 167 Å². The number of nitriles is 1. The van der Waals surface area contributed by atoms with Gasteiger partial charge in [0.05, 0.1) is 21.0 Å². The van der Waals surface area contributed by atoms with E-state index in [4.69, 9.17) is 9.78 Å². The van der Waals surface area contributed by atoms with Crippen LogP contribution in [0, 0.1) is 17.1 Å². The fourth-order valence-electron chi connectivity index (χ4n) is 3.96. The van der Waals surface area contributed by atoms with Gasteiger partial charge in [0.1, 0.15) is 28.0 Å². The molecule has 1 unspecified atom stereocenters. The fourth-order valence-corrected chi connectivity index (χ4v) is 6.29. The molecule has 4 rings (SSSR count). The summed E-state index contributed by atoms with van der Waals surface area (Å²) in [6, 6.07) is 7.70. The van der Waals surface area contributed by atoms with Crippen LogP contribution in [0.3, 0.4) is 0 Å². The Balaban J connectivity index is 1.80. The molecular weight excluding hydrogens is 489 g/mol. The van der Waals surface area contributed by atoms with Gasteiger partial charge in [0.25, 0.3) is 0 Å². The molecule has 2 aromatic heterocycles. The number of nitrogens with zero attached hydrogens (tertiary/aromatic N) is 6. The highest BCUT2D eigenvalue weighted by Gasteiger charge is 2.49. The molecule has 0 aliphatic carbocycles. The molecular formula is C23H22FN7O4S. The van der Waals surface area contributed by atoms with Gasteiger partial charge in [0.2, 0.25) is 0 Å². The van der Waals surface area contributed by atoms with Crippen LogP contribution in [0.25, 0.3) is 22.8 Å². The number of halogens is 1. The normalized spacial score (nSPS) is 22.8. The molecule has 2 atom stereocenters. The predicted octanol–water partition coefficient (Wildman–Crippen LogP) is 3.58. The van der Waals surface area contributed by atoms with Crippen molar-refractivity contribution >= 4 is 21.7 Å². The zero-order valence-corrected chi connectivity index (χ0v) is 20.6. The summed E-state index contributed by atoms with van der Waals surface area (Å²) in [5.74, 6) is -0.287. The Bertz CT molecular complexity index is 1550. The van der Waals surface area contributed by atoms with Crippen molar-refractivity contribution in [2.24, 2.45) is 9.36 Å². The number of carboxylic acid groups (broad SMARTS) is 1. The molecule has 3 aromatic rings. The van der Waals surface area contributed by atoms with Gasteiger partial charge >= 0.3 is 6.09 Å². The molecule has 186 valence electrons. The van der Waals surface area contributed by atoms with Crippen molar-refractivity contribution in [3.05, 3.63) is 53.6 Å². The van der Waals surface area contributed by atoms with Gasteiger partial charge in [-0.2, -0.15) is 5.26 Å². The summed E-state index contributed by atoms with van der Waals surface area (Å²) in [4.78, 5) is 24.1. The number of amidine groups is 1. The summed E-state index contributed by atoms with van der Waals surface area (Å²) in [7, 11) is -1.67. The third-order valence-electron chi connectivity index (χ3n) is 6.07. The van der Waals surface area contributed by atoms with Gasteiger partial charge in [-0.3, -0.25) is 10.3 Å². The number of amides is 1. The van der Waals surface area contributed by atoms with E-state index < -0.39 is 31.9 Å². The van der Waals surface area contributed by atoms with Crippen molar-refractivity contribution in [3.8, 4) is 28.9 Å². The van der Waals surface area contributed by atoms with E-state index in [0.717, 1.165) is 0 Å². The minimum atomic E-state index is -3.06. The number of benzene rings is 1. The molecule has 11 nitrogen and oxygen atoms in total. The van der Waals surface area contributed by atoms with Crippen molar-refractivity contribution in [1.29, 1.82) is 5.26 Å². The first kappa shape index (κ1) is 24.9. The predicted molar refractivity (Wildman–Crippen MR) is 129 cm³/mol. The number of hydrogen-bond acceptors (Lipinski definition) is 9. The molecule has 13 heteroatoms. The van der Waals surface area contributed by atoms with Gasteiger partial charge in [0.15, 0.2) is 17.3 Å². The van der Waals surface area contributed by atoms with E-state index in [9.17, 15) is 14.1 Å². The zero-order valence-electron chi connectivity index (χ0n) is 19.8. The van der Waals surface area contributed by atoms with E-state index in [1.807, 2.05) is 6.07 Å². The van der Waals surface area contributed by atoms with Crippen molar-refractivity contribution in [2.75, 3.05) is 12.8 Å². The third kappa shape index (κ3) is 4.20. The van der Waals surface area contributed by atoms with E-state index in [1.54, 1.807) is 26.8 Å². The zero-order chi connectivity index (χ0) is 26.3. The van der Waals surface area contributed by atoms with Crippen molar-refractivity contribution in [3.63, 3.8) is 0 Å². The standard InChI is InChI=1S/C23H22FN7O4S/c1-22(2)20(29-21(32)33)30-23(3,12-36(22,34)26-4)15-7-14(5-6-16(15)24)18-8-17(31-35-18)19-27-10-13(9-25)11-28-19/h5-8,10-11H,12H2,1-4H3,(H,29,30)(H,32,33)/t23-,36?/m0/s1. The Hall–Kier alpha value is -4.18. The number of aromatic nitrogens is 3. The smallest absolute Gasteiger partial charge is 0.410 e. The molecule has 3 heterocycles. The SMILES string of the molecule is CN=S1(=O)C[C@@](C)(c2cc(-c3cc(-c4ncc(C#N)cn4)no3)ccc2F)N=C(NC(=O)O)C1(C)C. The second kappa shape index (κ2) is 8.80. The maximum absolute atomic E-state index is 15.2. The molecule has 0 fully saturated rings. The van der Waals surface area contributed by atoms with Crippen LogP contribution in [0.4, 0.5) is 9.18 Å². The molecule has 36 heavy (non-hydrogen) atoms. The molecule has 1 aliphatic rings. The number of rotatable bonds is 3. The summed E-state index contributed by atoms with van der Waals surface area (Å²) in [6.07, 6.45) is 1.34. The van der Waals surface area contributed by atoms with E-state index in [-0.39, 0.29) is 28.7 Å². The fraction of sp³-hybridized carbons (Fsp3) is 0.304. The average Bonchev–Trinajstić information content (AvgIpc) is 3.33. The van der Waals surface area contributed by atoms with Gasteiger partial charge < -0.3 is 9.63 Å². The minimum absolute atomic E-state index is 0.0657. The molecule has 0 bridgehead atoms. The number of aliphatic imine (C=N–C) groups is 1. The van der Waals surface area contributed by atoms with Crippen LogP contribution in [0.2, 0.25) is 0 Å². The molecule has 1 aromatic carbocycles. The highest BCUT2D eigenvalue weighted by molar-refractivity contribution is 7.95. The monoisotopic (exact) mass is 511 g/mol. The quantitative estimate of drug-likeness (QED) is 0.538. The minimum Gasteiger partial charge on any atom is -0.465 e. The van der Waals surface area contributed by atoms with Gasteiger partial charge in [-0.15, -0.1) is 0 Å². The molecule has 2 N–H and O–H groups in total. The second-order valence-corrected chi connectivity index (χ2v) is 11.8. The summed E-state index contributed by atoms with van der Waals surface area (Å²) in [5.41, 5.74) is -0.257. The van der Waals surface area contributed by atoms with Crippen LogP contribution in [-0.4, -0.2) is 53.9 Å². The lowest BCUT2D eigenvalue weighted by atomic mass is 9.91. The van der Waals surface area contributed by atoms with Crippen LogP contribution in [-0.2, 0) is 15.3 Å². The second-order valence-electron chi connectivity index (χ2n) is 8.82. The van der Waals surface area contributed by atoms with Gasteiger partial charge in [-0.25, -0.2) is 27.7 Å². The highest BCUT2D eigenvalue weighted by atomic mass is 32.2. The van der Waals surface area contributed by atoms with E-state index in [0.29, 0.717) is 16.8 Å². The number of nitrogens with one attached hydrogen (secondary N) is 1. The average molecular weight is 512 g/mol. The molecule has 0 saturated heterocycles. The number of hydrogen-bond donors (Lipinski definition) is 2. The molecule has 0 saturated carbocycles. The van der Waals surface area contributed by atoms with Gasteiger partial charge in [-0.05, 0) is 39.0 Å². The summed E-state index contributed by atoms with van der Waals surface area (Å²) in [6.45, 7) is 4.75. The lowest BCUT2D eigenvalue weighted by Crippen LogP contribution is -2.57. The Kier molecular flexibility index (Phi) is 6.09. The molecule has 1 amide bonds. The summed E-state index contributed by atoms with van der Waals surface area (Å²) in [5, 5.41) is 24.4. The van der Waals surface area contributed by atoms with E-state index in [2.05, 4.69) is 29.8 Å². The van der Waals surface area contributed by atoms with E-state index in [1.165, 1.54) is 37.6 Å². The van der Waals surface area contributed by atoms with Crippen molar-refractivity contribution < 1.29 is 23.0 Å². The third-order valence-corrected chi connectivity index (χ3v) is 9.41. The van der Waals surface area contributed by atoms with Crippen LogP contribution in [0.5, 0.6) is 0 Å². The molecule has 0 spiro atoms. The maximum Gasteiger partial charge on any atom is 0.410 e.